The highest BCUT2D eigenvalue weighted by Gasteiger charge is 1.93. The third-order valence-corrected chi connectivity index (χ3v) is 1.92. The first-order valence-corrected chi connectivity index (χ1v) is 4.51. The van der Waals surface area contributed by atoms with Gasteiger partial charge in [0.25, 0.3) is 0 Å². The van der Waals surface area contributed by atoms with Gasteiger partial charge in [0.15, 0.2) is 0 Å². The van der Waals surface area contributed by atoms with Crippen molar-refractivity contribution >= 4 is 11.8 Å². The molecule has 0 nitrogen and oxygen atoms in total. The first kappa shape index (κ1) is 9.76. The van der Waals surface area contributed by atoms with Gasteiger partial charge in [0, 0.05) is 4.91 Å². The van der Waals surface area contributed by atoms with Gasteiger partial charge in [0.05, 0.1) is 0 Å². The fourth-order valence-electron chi connectivity index (χ4n) is 0.548. The van der Waals surface area contributed by atoms with Crippen molar-refractivity contribution in [2.75, 3.05) is 6.26 Å². The highest BCUT2D eigenvalue weighted by Crippen LogP contribution is 2.18. The lowest BCUT2D eigenvalue weighted by atomic mass is 10.4. The Labute approximate surface area is 66.2 Å². The number of rotatable bonds is 3. The fraction of sp³-hybridized carbons (Fsp3) is 0.500. The summed E-state index contributed by atoms with van der Waals surface area (Å²) < 4.78 is 12.5. The van der Waals surface area contributed by atoms with Crippen molar-refractivity contribution in [1.29, 1.82) is 0 Å². The predicted octanol–water partition coefficient (Wildman–Crippen LogP) is 3.52. The maximum Gasteiger partial charge on any atom is 0.110 e. The van der Waals surface area contributed by atoms with Crippen LogP contribution in [0.5, 0.6) is 0 Å². The molecule has 0 spiro atoms. The molecule has 0 aromatic rings. The van der Waals surface area contributed by atoms with Gasteiger partial charge in [0.2, 0.25) is 0 Å². The van der Waals surface area contributed by atoms with E-state index in [1.807, 2.05) is 25.3 Å². The Balaban J connectivity index is 4.10. The maximum atomic E-state index is 12.5. The van der Waals surface area contributed by atoms with Crippen LogP contribution in [0.4, 0.5) is 4.39 Å². The largest absolute Gasteiger partial charge is 0.211 e. The minimum atomic E-state index is -0.0998. The van der Waals surface area contributed by atoms with Gasteiger partial charge in [-0.1, -0.05) is 19.1 Å². The number of hydrogen-bond acceptors (Lipinski definition) is 1. The second-order valence-electron chi connectivity index (χ2n) is 1.91. The fourth-order valence-corrected chi connectivity index (χ4v) is 1.06. The van der Waals surface area contributed by atoms with Gasteiger partial charge in [-0.2, -0.15) is 0 Å². The SMILES string of the molecule is CC/C=C\C(SC)=C(/C)F. The molecule has 0 aliphatic carbocycles. The summed E-state index contributed by atoms with van der Waals surface area (Å²) in [6, 6.07) is 0. The Kier molecular flexibility index (Phi) is 5.40. The van der Waals surface area contributed by atoms with E-state index in [0.29, 0.717) is 0 Å². The van der Waals surface area contributed by atoms with Gasteiger partial charge in [-0.05, 0) is 19.6 Å². The standard InChI is InChI=1S/C8H13FS/c1-4-5-6-8(10-3)7(2)9/h5-6H,4H2,1-3H3/b6-5-,8-7-. The molecule has 10 heavy (non-hydrogen) atoms. The first-order chi connectivity index (χ1) is 4.72. The molecule has 58 valence electrons. The highest BCUT2D eigenvalue weighted by atomic mass is 32.2. The molecule has 0 unspecified atom stereocenters. The lowest BCUT2D eigenvalue weighted by molar-refractivity contribution is 0.638. The van der Waals surface area contributed by atoms with Crippen molar-refractivity contribution in [2.24, 2.45) is 0 Å². The molecule has 0 aliphatic heterocycles. The van der Waals surface area contributed by atoms with Crippen LogP contribution in [0.3, 0.4) is 0 Å². The lowest BCUT2D eigenvalue weighted by Crippen LogP contribution is -1.71. The number of halogens is 1. The van der Waals surface area contributed by atoms with E-state index in [-0.39, 0.29) is 5.83 Å². The molecule has 0 atom stereocenters. The molecule has 0 bridgehead atoms. The van der Waals surface area contributed by atoms with Crippen LogP contribution in [0.15, 0.2) is 22.9 Å². The third-order valence-electron chi connectivity index (χ3n) is 1.06. The molecule has 0 rings (SSSR count). The Hall–Kier alpha value is -0.240. The molecule has 0 heterocycles. The molecule has 0 N–H and O–H groups in total. The number of thioether (sulfide) groups is 1. The molecular formula is C8H13FS. The topological polar surface area (TPSA) is 0 Å². The molecule has 0 fully saturated rings. The zero-order valence-electron chi connectivity index (χ0n) is 6.65. The van der Waals surface area contributed by atoms with Crippen LogP contribution in [-0.4, -0.2) is 6.26 Å². The van der Waals surface area contributed by atoms with Crippen molar-refractivity contribution < 1.29 is 4.39 Å². The Morgan fingerprint density at radius 3 is 2.50 bits per heavy atom. The van der Waals surface area contributed by atoms with Gasteiger partial charge in [-0.3, -0.25) is 0 Å². The Morgan fingerprint density at radius 2 is 2.20 bits per heavy atom. The van der Waals surface area contributed by atoms with Crippen molar-refractivity contribution in [2.45, 2.75) is 20.3 Å². The molecule has 0 saturated heterocycles. The van der Waals surface area contributed by atoms with E-state index in [4.69, 9.17) is 0 Å². The molecule has 0 saturated carbocycles. The number of allylic oxidation sites excluding steroid dienone is 3. The van der Waals surface area contributed by atoms with E-state index in [0.717, 1.165) is 11.3 Å². The number of hydrogen-bond donors (Lipinski definition) is 0. The van der Waals surface area contributed by atoms with Crippen LogP contribution in [0, 0.1) is 0 Å². The van der Waals surface area contributed by atoms with Gasteiger partial charge in [-0.25, -0.2) is 4.39 Å². The lowest BCUT2D eigenvalue weighted by Gasteiger charge is -1.94. The summed E-state index contributed by atoms with van der Waals surface area (Å²) in [5.41, 5.74) is 0. The minimum Gasteiger partial charge on any atom is -0.211 e. The Morgan fingerprint density at radius 1 is 1.60 bits per heavy atom. The molecule has 0 radical (unpaired) electrons. The average Bonchev–Trinajstić information content (AvgIpc) is 1.89. The molecule has 0 amide bonds. The summed E-state index contributed by atoms with van der Waals surface area (Å²) in [4.78, 5) is 0.724. The minimum absolute atomic E-state index is 0.0998. The van der Waals surface area contributed by atoms with Gasteiger partial charge in [-0.15, -0.1) is 11.8 Å². The van der Waals surface area contributed by atoms with E-state index in [1.165, 1.54) is 18.7 Å². The van der Waals surface area contributed by atoms with Gasteiger partial charge >= 0.3 is 0 Å². The zero-order chi connectivity index (χ0) is 7.98. The summed E-state index contributed by atoms with van der Waals surface area (Å²) in [6.45, 7) is 3.51. The van der Waals surface area contributed by atoms with Crippen LogP contribution in [0.25, 0.3) is 0 Å². The average molecular weight is 160 g/mol. The molecular weight excluding hydrogens is 147 g/mol. The summed E-state index contributed by atoms with van der Waals surface area (Å²) in [7, 11) is 0. The summed E-state index contributed by atoms with van der Waals surface area (Å²) >= 11 is 1.44. The quantitative estimate of drug-likeness (QED) is 0.569. The zero-order valence-corrected chi connectivity index (χ0v) is 7.46. The van der Waals surface area contributed by atoms with E-state index in [9.17, 15) is 4.39 Å². The van der Waals surface area contributed by atoms with Crippen LogP contribution in [0.2, 0.25) is 0 Å². The van der Waals surface area contributed by atoms with Gasteiger partial charge in [0.1, 0.15) is 5.83 Å². The summed E-state index contributed by atoms with van der Waals surface area (Å²) in [5.74, 6) is -0.0998. The second-order valence-corrected chi connectivity index (χ2v) is 2.76. The van der Waals surface area contributed by atoms with Crippen LogP contribution in [0.1, 0.15) is 20.3 Å². The first-order valence-electron chi connectivity index (χ1n) is 3.29. The van der Waals surface area contributed by atoms with E-state index < -0.39 is 0 Å². The molecule has 2 heteroatoms. The molecule has 0 aromatic heterocycles. The molecule has 0 aromatic carbocycles. The van der Waals surface area contributed by atoms with Crippen LogP contribution >= 0.6 is 11.8 Å². The van der Waals surface area contributed by atoms with Gasteiger partial charge < -0.3 is 0 Å². The maximum absolute atomic E-state index is 12.5. The van der Waals surface area contributed by atoms with Crippen molar-refractivity contribution in [3.8, 4) is 0 Å². The van der Waals surface area contributed by atoms with Crippen molar-refractivity contribution in [3.05, 3.63) is 22.9 Å². The van der Waals surface area contributed by atoms with Crippen LogP contribution < -0.4 is 0 Å². The third kappa shape index (κ3) is 3.72. The van der Waals surface area contributed by atoms with E-state index in [2.05, 4.69) is 0 Å². The predicted molar refractivity (Wildman–Crippen MR) is 46.8 cm³/mol. The van der Waals surface area contributed by atoms with E-state index in [1.54, 1.807) is 0 Å². The monoisotopic (exact) mass is 160 g/mol. The highest BCUT2D eigenvalue weighted by molar-refractivity contribution is 8.02. The normalized spacial score (nSPS) is 14.0. The van der Waals surface area contributed by atoms with Crippen LogP contribution in [-0.2, 0) is 0 Å². The van der Waals surface area contributed by atoms with E-state index >= 15 is 0 Å². The Bertz CT molecular complexity index is 143. The summed E-state index contributed by atoms with van der Waals surface area (Å²) in [6.07, 6.45) is 6.60. The van der Waals surface area contributed by atoms with Crippen molar-refractivity contribution in [3.63, 3.8) is 0 Å². The summed E-state index contributed by atoms with van der Waals surface area (Å²) in [5, 5.41) is 0. The second kappa shape index (κ2) is 5.54. The smallest absolute Gasteiger partial charge is 0.110 e. The van der Waals surface area contributed by atoms with Crippen molar-refractivity contribution in [1.82, 2.24) is 0 Å². The molecule has 0 aliphatic rings.